The molecule has 0 aromatic heterocycles. The summed E-state index contributed by atoms with van der Waals surface area (Å²) in [6, 6.07) is 9.10. The van der Waals surface area contributed by atoms with E-state index in [0.717, 1.165) is 12.1 Å². The van der Waals surface area contributed by atoms with Crippen molar-refractivity contribution in [2.24, 2.45) is 0 Å². The molecule has 100 valence electrons. The summed E-state index contributed by atoms with van der Waals surface area (Å²) in [5.74, 6) is -0.410. The van der Waals surface area contributed by atoms with Crippen LogP contribution in [0.1, 0.15) is 5.56 Å². The molecule has 0 amide bonds. The topological polar surface area (TPSA) is 102 Å². The molecule has 0 saturated heterocycles. The van der Waals surface area contributed by atoms with Crippen LogP contribution in [-0.2, 0) is 0 Å². The van der Waals surface area contributed by atoms with Crippen LogP contribution in [0.3, 0.4) is 0 Å². The predicted molar refractivity (Wildman–Crippen MR) is 68.7 cm³/mol. The van der Waals surface area contributed by atoms with Crippen molar-refractivity contribution in [1.29, 1.82) is 5.26 Å². The molecule has 2 N–H and O–H groups in total. The molecule has 0 radical (unpaired) electrons. The first-order valence-electron chi connectivity index (χ1n) is 5.42. The van der Waals surface area contributed by atoms with Gasteiger partial charge in [0.25, 0.3) is 5.69 Å². The smallest absolute Gasteiger partial charge is 0.271 e. The molecule has 2 aromatic carbocycles. The van der Waals surface area contributed by atoms with Gasteiger partial charge < -0.3 is 10.5 Å². The number of anilines is 1. The molecule has 0 fully saturated rings. The third-order valence-corrected chi connectivity index (χ3v) is 2.49. The fraction of sp³-hybridized carbons (Fsp3) is 0. The normalized spacial score (nSPS) is 9.80. The van der Waals surface area contributed by atoms with Crippen LogP contribution in [0.25, 0.3) is 0 Å². The quantitative estimate of drug-likeness (QED) is 0.526. The summed E-state index contributed by atoms with van der Waals surface area (Å²) >= 11 is 0. The molecule has 0 spiro atoms. The van der Waals surface area contributed by atoms with Crippen molar-refractivity contribution in [2.75, 3.05) is 5.73 Å². The number of rotatable bonds is 3. The molecule has 0 bridgehead atoms. The molecule has 0 aliphatic rings. The number of benzene rings is 2. The van der Waals surface area contributed by atoms with Crippen LogP contribution < -0.4 is 10.5 Å². The number of nitro groups is 1. The Morgan fingerprint density at radius 1 is 1.30 bits per heavy atom. The average Bonchev–Trinajstić information content (AvgIpc) is 2.41. The Labute approximate surface area is 113 Å². The van der Waals surface area contributed by atoms with Gasteiger partial charge in [-0.05, 0) is 18.2 Å². The zero-order valence-corrected chi connectivity index (χ0v) is 10.0. The Bertz CT molecular complexity index is 725. The van der Waals surface area contributed by atoms with Gasteiger partial charge in [0.2, 0.25) is 0 Å². The van der Waals surface area contributed by atoms with Crippen molar-refractivity contribution in [1.82, 2.24) is 0 Å². The second-order valence-electron chi connectivity index (χ2n) is 3.83. The molecule has 7 heteroatoms. The number of halogens is 1. The highest BCUT2D eigenvalue weighted by atomic mass is 19.1. The van der Waals surface area contributed by atoms with E-state index in [9.17, 15) is 14.5 Å². The standard InChI is InChI=1S/C13H8FN3O3/c14-11-6-10(3-1-8(11)7-15)20-13-4-2-9(17(18)19)5-12(13)16/h1-6H,16H2. The molecule has 0 unspecified atom stereocenters. The van der Waals surface area contributed by atoms with Crippen LogP contribution in [0.5, 0.6) is 11.5 Å². The number of hydrogen-bond donors (Lipinski definition) is 1. The van der Waals surface area contributed by atoms with Gasteiger partial charge in [0.15, 0.2) is 5.75 Å². The monoisotopic (exact) mass is 273 g/mol. The van der Waals surface area contributed by atoms with Crippen LogP contribution >= 0.6 is 0 Å². The Kier molecular flexibility index (Phi) is 3.48. The van der Waals surface area contributed by atoms with E-state index in [1.165, 1.54) is 24.3 Å². The van der Waals surface area contributed by atoms with Gasteiger partial charge in [-0.15, -0.1) is 0 Å². The molecule has 0 heterocycles. The summed E-state index contributed by atoms with van der Waals surface area (Å²) in [5, 5.41) is 19.2. The Morgan fingerprint density at radius 2 is 2.05 bits per heavy atom. The summed E-state index contributed by atoms with van der Waals surface area (Å²) in [5.41, 5.74) is 5.42. The number of nitriles is 1. The van der Waals surface area contributed by atoms with E-state index in [2.05, 4.69) is 0 Å². The van der Waals surface area contributed by atoms with Gasteiger partial charge in [-0.2, -0.15) is 5.26 Å². The van der Waals surface area contributed by atoms with E-state index < -0.39 is 10.7 Å². The average molecular weight is 273 g/mol. The summed E-state index contributed by atoms with van der Waals surface area (Å²) in [6.07, 6.45) is 0. The highest BCUT2D eigenvalue weighted by molar-refractivity contribution is 5.59. The van der Waals surface area contributed by atoms with Crippen LogP contribution in [0.2, 0.25) is 0 Å². The summed E-state index contributed by atoms with van der Waals surface area (Å²) in [4.78, 5) is 9.99. The number of hydrogen-bond acceptors (Lipinski definition) is 5. The molecule has 0 saturated carbocycles. The van der Waals surface area contributed by atoms with E-state index in [0.29, 0.717) is 0 Å². The van der Waals surface area contributed by atoms with Crippen molar-refractivity contribution >= 4 is 11.4 Å². The Morgan fingerprint density at radius 3 is 2.60 bits per heavy atom. The molecule has 2 rings (SSSR count). The van der Waals surface area contributed by atoms with Gasteiger partial charge in [0.1, 0.15) is 17.6 Å². The summed E-state index contributed by atoms with van der Waals surface area (Å²) in [6.45, 7) is 0. The van der Waals surface area contributed by atoms with Gasteiger partial charge in [0.05, 0.1) is 16.2 Å². The van der Waals surface area contributed by atoms with Gasteiger partial charge in [-0.1, -0.05) is 0 Å². The number of nitrogens with zero attached hydrogens (tertiary/aromatic N) is 2. The maximum absolute atomic E-state index is 13.4. The first kappa shape index (κ1) is 13.3. The van der Waals surface area contributed by atoms with Crippen molar-refractivity contribution in [2.45, 2.75) is 0 Å². The first-order chi connectivity index (χ1) is 9.51. The van der Waals surface area contributed by atoms with E-state index in [1.54, 1.807) is 6.07 Å². The van der Waals surface area contributed by atoms with Gasteiger partial charge in [0, 0.05) is 18.2 Å². The lowest BCUT2D eigenvalue weighted by Gasteiger charge is -2.08. The maximum atomic E-state index is 13.4. The fourth-order valence-electron chi connectivity index (χ4n) is 1.52. The highest BCUT2D eigenvalue weighted by Crippen LogP contribution is 2.31. The minimum absolute atomic E-state index is 0.0592. The lowest BCUT2D eigenvalue weighted by atomic mass is 10.2. The maximum Gasteiger partial charge on any atom is 0.271 e. The highest BCUT2D eigenvalue weighted by Gasteiger charge is 2.11. The molecule has 20 heavy (non-hydrogen) atoms. The second kappa shape index (κ2) is 5.24. The molecule has 0 aliphatic heterocycles. The number of nitrogen functional groups attached to an aromatic ring is 1. The molecule has 2 aromatic rings. The Balaban J connectivity index is 2.29. The largest absolute Gasteiger partial charge is 0.455 e. The Hall–Kier alpha value is -3.14. The molecule has 6 nitrogen and oxygen atoms in total. The van der Waals surface area contributed by atoms with E-state index in [4.69, 9.17) is 15.7 Å². The van der Waals surface area contributed by atoms with Crippen LogP contribution in [-0.4, -0.2) is 4.92 Å². The minimum atomic E-state index is -0.717. The number of nitro benzene ring substituents is 1. The lowest BCUT2D eigenvalue weighted by molar-refractivity contribution is -0.384. The van der Waals surface area contributed by atoms with Crippen molar-refractivity contribution < 1.29 is 14.1 Å². The van der Waals surface area contributed by atoms with Crippen molar-refractivity contribution in [3.8, 4) is 17.6 Å². The van der Waals surface area contributed by atoms with Crippen molar-refractivity contribution in [3.05, 3.63) is 57.9 Å². The van der Waals surface area contributed by atoms with Crippen LogP contribution in [0.15, 0.2) is 36.4 Å². The fourth-order valence-corrected chi connectivity index (χ4v) is 1.52. The number of non-ortho nitro benzene ring substituents is 1. The molecule has 0 aliphatic carbocycles. The first-order valence-corrected chi connectivity index (χ1v) is 5.42. The zero-order valence-electron chi connectivity index (χ0n) is 10.0. The van der Waals surface area contributed by atoms with E-state index >= 15 is 0 Å². The summed E-state index contributed by atoms with van der Waals surface area (Å²) < 4.78 is 18.7. The molecule has 0 atom stereocenters. The number of nitrogens with two attached hydrogens (primary N) is 1. The predicted octanol–water partition coefficient (Wildman–Crippen LogP) is 2.98. The van der Waals surface area contributed by atoms with E-state index in [-0.39, 0.29) is 28.4 Å². The summed E-state index contributed by atoms with van der Waals surface area (Å²) in [7, 11) is 0. The van der Waals surface area contributed by atoms with Crippen LogP contribution in [0.4, 0.5) is 15.8 Å². The van der Waals surface area contributed by atoms with E-state index in [1.807, 2.05) is 0 Å². The minimum Gasteiger partial charge on any atom is -0.455 e. The van der Waals surface area contributed by atoms with Crippen molar-refractivity contribution in [3.63, 3.8) is 0 Å². The SMILES string of the molecule is N#Cc1ccc(Oc2ccc([N+](=O)[O-])cc2N)cc1F. The lowest BCUT2D eigenvalue weighted by Crippen LogP contribution is -1.95. The second-order valence-corrected chi connectivity index (χ2v) is 3.83. The van der Waals surface area contributed by atoms with Gasteiger partial charge in [-0.3, -0.25) is 10.1 Å². The van der Waals surface area contributed by atoms with Gasteiger partial charge in [-0.25, -0.2) is 4.39 Å². The third kappa shape index (κ3) is 2.64. The van der Waals surface area contributed by atoms with Crippen LogP contribution in [0, 0.1) is 27.3 Å². The molecular formula is C13H8FN3O3. The zero-order chi connectivity index (χ0) is 14.7. The van der Waals surface area contributed by atoms with Gasteiger partial charge >= 0.3 is 0 Å². The molecular weight excluding hydrogens is 265 g/mol. The third-order valence-electron chi connectivity index (χ3n) is 2.49. The number of ether oxygens (including phenoxy) is 1.